The topological polar surface area (TPSA) is 60.7 Å². The van der Waals surface area contributed by atoms with E-state index in [4.69, 9.17) is 0 Å². The van der Waals surface area contributed by atoms with Crippen LogP contribution in [-0.4, -0.2) is 32.6 Å². The van der Waals surface area contributed by atoms with Crippen LogP contribution in [0, 0.1) is 22.7 Å². The van der Waals surface area contributed by atoms with Crippen LogP contribution in [0.4, 0.5) is 0 Å². The standard InChI is InChI=1S/C20H36O3/c1-7-17(3,22)12-13-18(4)14(2)10-11-19(5)15(18)8-9-16(21)20(19,6)23/h7,14-16,21-23H,1,8-13H2,2-6H3/t14-,15+,16+,17+,18-,19-,20-/m1/s1. The van der Waals surface area contributed by atoms with E-state index in [0.717, 1.165) is 25.7 Å². The second kappa shape index (κ2) is 5.86. The summed E-state index contributed by atoms with van der Waals surface area (Å²) in [6.07, 6.45) is 6.22. The van der Waals surface area contributed by atoms with Crippen molar-refractivity contribution in [1.29, 1.82) is 0 Å². The van der Waals surface area contributed by atoms with Crippen molar-refractivity contribution in [3.63, 3.8) is 0 Å². The van der Waals surface area contributed by atoms with Gasteiger partial charge in [0.1, 0.15) is 0 Å². The highest BCUT2D eigenvalue weighted by Crippen LogP contribution is 2.64. The van der Waals surface area contributed by atoms with Gasteiger partial charge in [-0.1, -0.05) is 26.8 Å². The van der Waals surface area contributed by atoms with E-state index < -0.39 is 17.3 Å². The van der Waals surface area contributed by atoms with Gasteiger partial charge in [0, 0.05) is 5.41 Å². The van der Waals surface area contributed by atoms with Crippen molar-refractivity contribution in [3.8, 4) is 0 Å². The number of aliphatic hydroxyl groups is 3. The Bertz CT molecular complexity index is 456. The zero-order chi connectivity index (χ0) is 17.7. The van der Waals surface area contributed by atoms with Crippen molar-refractivity contribution < 1.29 is 15.3 Å². The molecule has 2 fully saturated rings. The predicted octanol–water partition coefficient (Wildman–Crippen LogP) is 3.67. The minimum Gasteiger partial charge on any atom is -0.390 e. The van der Waals surface area contributed by atoms with E-state index in [1.54, 1.807) is 6.08 Å². The second-order valence-corrected chi connectivity index (χ2v) is 9.22. The third-order valence-electron chi connectivity index (χ3n) is 7.93. The van der Waals surface area contributed by atoms with Gasteiger partial charge in [0.05, 0.1) is 17.3 Å². The lowest BCUT2D eigenvalue weighted by Gasteiger charge is -2.64. The molecular formula is C20H36O3. The van der Waals surface area contributed by atoms with E-state index in [1.807, 2.05) is 13.8 Å². The maximum atomic E-state index is 11.1. The minimum absolute atomic E-state index is 0.0597. The van der Waals surface area contributed by atoms with Gasteiger partial charge in [0.25, 0.3) is 0 Å². The third-order valence-corrected chi connectivity index (χ3v) is 7.93. The molecule has 3 N–H and O–H groups in total. The van der Waals surface area contributed by atoms with E-state index in [2.05, 4.69) is 27.4 Å². The average molecular weight is 325 g/mol. The molecule has 134 valence electrons. The molecule has 2 aliphatic rings. The summed E-state index contributed by atoms with van der Waals surface area (Å²) in [5.74, 6) is 0.907. The van der Waals surface area contributed by atoms with Gasteiger partial charge in [-0.15, -0.1) is 6.58 Å². The highest BCUT2D eigenvalue weighted by atomic mass is 16.3. The largest absolute Gasteiger partial charge is 0.390 e. The van der Waals surface area contributed by atoms with Crippen LogP contribution < -0.4 is 0 Å². The summed E-state index contributed by atoms with van der Waals surface area (Å²) >= 11 is 0. The lowest BCUT2D eigenvalue weighted by molar-refractivity contribution is -0.236. The van der Waals surface area contributed by atoms with Crippen LogP contribution in [0.15, 0.2) is 12.7 Å². The summed E-state index contributed by atoms with van der Waals surface area (Å²) in [5, 5.41) is 31.8. The highest BCUT2D eigenvalue weighted by Gasteiger charge is 2.62. The molecule has 2 rings (SSSR count). The van der Waals surface area contributed by atoms with Gasteiger partial charge in [-0.25, -0.2) is 0 Å². The number of rotatable bonds is 4. The van der Waals surface area contributed by atoms with Gasteiger partial charge in [-0.05, 0) is 69.6 Å². The third kappa shape index (κ3) is 2.89. The smallest absolute Gasteiger partial charge is 0.0933 e. The normalized spacial score (nSPS) is 50.0. The Hall–Kier alpha value is -0.380. The number of fused-ring (bicyclic) bond motifs is 1. The fourth-order valence-corrected chi connectivity index (χ4v) is 5.38. The van der Waals surface area contributed by atoms with E-state index >= 15 is 0 Å². The minimum atomic E-state index is -1.04. The van der Waals surface area contributed by atoms with Crippen molar-refractivity contribution in [1.82, 2.24) is 0 Å². The molecule has 0 aliphatic heterocycles. The van der Waals surface area contributed by atoms with Crippen molar-refractivity contribution >= 4 is 0 Å². The fraction of sp³-hybridized carbons (Fsp3) is 0.900. The summed E-state index contributed by atoms with van der Waals surface area (Å²) in [6, 6.07) is 0. The molecule has 7 atom stereocenters. The summed E-state index contributed by atoms with van der Waals surface area (Å²) in [4.78, 5) is 0. The van der Waals surface area contributed by atoms with Crippen LogP contribution in [-0.2, 0) is 0 Å². The van der Waals surface area contributed by atoms with Crippen LogP contribution in [0.1, 0.15) is 73.1 Å². The molecule has 0 aromatic carbocycles. The number of hydrogen-bond acceptors (Lipinski definition) is 3. The first-order chi connectivity index (χ1) is 10.4. The van der Waals surface area contributed by atoms with Crippen molar-refractivity contribution in [3.05, 3.63) is 12.7 Å². The molecule has 0 radical (unpaired) electrons. The second-order valence-electron chi connectivity index (χ2n) is 9.22. The van der Waals surface area contributed by atoms with E-state index in [-0.39, 0.29) is 10.8 Å². The van der Waals surface area contributed by atoms with E-state index in [0.29, 0.717) is 24.7 Å². The monoisotopic (exact) mass is 324 g/mol. The van der Waals surface area contributed by atoms with Gasteiger partial charge < -0.3 is 15.3 Å². The maximum Gasteiger partial charge on any atom is 0.0933 e. The molecule has 0 amide bonds. The Morgan fingerprint density at radius 1 is 1.22 bits per heavy atom. The Morgan fingerprint density at radius 3 is 2.39 bits per heavy atom. The van der Waals surface area contributed by atoms with E-state index in [1.165, 1.54) is 0 Å². The van der Waals surface area contributed by atoms with Crippen molar-refractivity contribution in [2.75, 3.05) is 0 Å². The highest BCUT2D eigenvalue weighted by molar-refractivity contribution is 5.12. The molecule has 0 spiro atoms. The number of hydrogen-bond donors (Lipinski definition) is 3. The SMILES string of the molecule is C=C[C@](C)(O)CC[C@]1(C)[C@H](C)CC[C@]2(C)[C@H]1CC[C@H](O)[C@@]2(C)O. The molecule has 0 heterocycles. The fourth-order valence-electron chi connectivity index (χ4n) is 5.38. The first kappa shape index (κ1) is 19.0. The Labute approximate surface area is 141 Å². The molecule has 0 aromatic heterocycles. The summed E-state index contributed by atoms with van der Waals surface area (Å²) in [6.45, 7) is 14.2. The molecule has 2 aliphatic carbocycles. The molecule has 3 nitrogen and oxygen atoms in total. The zero-order valence-electron chi connectivity index (χ0n) is 15.6. The van der Waals surface area contributed by atoms with Gasteiger partial charge in [0.15, 0.2) is 0 Å². The molecule has 0 bridgehead atoms. The van der Waals surface area contributed by atoms with Gasteiger partial charge in [0.2, 0.25) is 0 Å². The van der Waals surface area contributed by atoms with Gasteiger partial charge in [-0.2, -0.15) is 0 Å². The molecule has 3 heteroatoms. The Balaban J connectivity index is 2.33. The van der Waals surface area contributed by atoms with Gasteiger partial charge in [-0.3, -0.25) is 0 Å². The molecule has 23 heavy (non-hydrogen) atoms. The Morgan fingerprint density at radius 2 is 1.83 bits per heavy atom. The van der Waals surface area contributed by atoms with Crippen LogP contribution in [0.2, 0.25) is 0 Å². The Kier molecular flexibility index (Phi) is 4.83. The number of aliphatic hydroxyl groups excluding tert-OH is 1. The predicted molar refractivity (Wildman–Crippen MR) is 94.0 cm³/mol. The van der Waals surface area contributed by atoms with Crippen LogP contribution in [0.5, 0.6) is 0 Å². The lowest BCUT2D eigenvalue weighted by Crippen LogP contribution is -2.65. The van der Waals surface area contributed by atoms with Crippen molar-refractivity contribution in [2.45, 2.75) is 90.4 Å². The van der Waals surface area contributed by atoms with Crippen LogP contribution in [0.3, 0.4) is 0 Å². The summed E-state index contributed by atoms with van der Waals surface area (Å²) in [7, 11) is 0. The first-order valence-electron chi connectivity index (χ1n) is 9.17. The van der Waals surface area contributed by atoms with Crippen LogP contribution >= 0.6 is 0 Å². The zero-order valence-corrected chi connectivity index (χ0v) is 15.6. The summed E-state index contributed by atoms with van der Waals surface area (Å²) in [5.41, 5.74) is -2.10. The van der Waals surface area contributed by atoms with Gasteiger partial charge >= 0.3 is 0 Å². The maximum absolute atomic E-state index is 11.1. The summed E-state index contributed by atoms with van der Waals surface area (Å²) < 4.78 is 0. The average Bonchev–Trinajstić information content (AvgIpc) is 2.48. The van der Waals surface area contributed by atoms with Crippen molar-refractivity contribution in [2.24, 2.45) is 22.7 Å². The molecular weight excluding hydrogens is 288 g/mol. The first-order valence-corrected chi connectivity index (χ1v) is 9.17. The molecule has 0 unspecified atom stereocenters. The lowest BCUT2D eigenvalue weighted by atomic mass is 9.43. The quantitative estimate of drug-likeness (QED) is 0.692. The molecule has 0 saturated heterocycles. The van der Waals surface area contributed by atoms with Crippen LogP contribution in [0.25, 0.3) is 0 Å². The molecule has 2 saturated carbocycles. The van der Waals surface area contributed by atoms with E-state index in [9.17, 15) is 15.3 Å². The molecule has 0 aromatic rings.